The Balaban J connectivity index is 1.72. The van der Waals surface area contributed by atoms with E-state index in [1.165, 1.54) is 32.1 Å². The smallest absolute Gasteiger partial charge is 0.380 e. The lowest BCUT2D eigenvalue weighted by atomic mass is 9.82. The van der Waals surface area contributed by atoms with Crippen LogP contribution in [0.25, 0.3) is 0 Å². The van der Waals surface area contributed by atoms with Crippen LogP contribution in [0.2, 0.25) is 0 Å². The maximum atomic E-state index is 11.0. The van der Waals surface area contributed by atoms with E-state index in [1.54, 1.807) is 18.2 Å². The molecule has 1 fully saturated rings. The highest BCUT2D eigenvalue weighted by molar-refractivity contribution is 7.84. The van der Waals surface area contributed by atoms with Crippen molar-refractivity contribution in [3.05, 3.63) is 23.8 Å². The van der Waals surface area contributed by atoms with Gasteiger partial charge in [0.05, 0.1) is 0 Å². The number of nitrogens with two attached hydrogens (primary N) is 1. The molecule has 0 bridgehead atoms. The number of aryl methyl sites for hydroxylation is 1. The molecule has 0 radical (unpaired) electrons. The van der Waals surface area contributed by atoms with Crippen molar-refractivity contribution in [2.45, 2.75) is 51.0 Å². The van der Waals surface area contributed by atoms with Crippen molar-refractivity contribution in [3.8, 4) is 11.5 Å². The van der Waals surface area contributed by atoms with Crippen LogP contribution in [-0.2, 0) is 16.7 Å². The van der Waals surface area contributed by atoms with E-state index in [4.69, 9.17) is 14.1 Å². The third-order valence-electron chi connectivity index (χ3n) is 4.40. The molecular weight excluding hydrogens is 290 g/mol. The molecule has 6 heteroatoms. The van der Waals surface area contributed by atoms with Crippen LogP contribution in [0.5, 0.6) is 11.5 Å². The molecule has 3 rings (SSSR count). The Hall–Kier alpha value is -1.27. The van der Waals surface area contributed by atoms with Crippen molar-refractivity contribution in [1.29, 1.82) is 0 Å². The second kappa shape index (κ2) is 5.85. The SMILES string of the molecule is NS(=O)(=O)Oc1ccc2c(c1)CCC(C1CCCCC1)O2. The van der Waals surface area contributed by atoms with E-state index in [0.717, 1.165) is 24.2 Å². The Bertz CT molecular complexity index is 608. The molecule has 116 valence electrons. The maximum Gasteiger partial charge on any atom is 0.380 e. The Labute approximate surface area is 125 Å². The summed E-state index contributed by atoms with van der Waals surface area (Å²) in [5.41, 5.74) is 0.989. The largest absolute Gasteiger partial charge is 0.490 e. The minimum atomic E-state index is -3.97. The zero-order valence-corrected chi connectivity index (χ0v) is 12.8. The topological polar surface area (TPSA) is 78.6 Å². The van der Waals surface area contributed by atoms with Crippen LogP contribution in [-0.4, -0.2) is 14.5 Å². The number of fused-ring (bicyclic) bond motifs is 1. The molecule has 1 aromatic rings. The third kappa shape index (κ3) is 3.68. The lowest BCUT2D eigenvalue weighted by molar-refractivity contribution is 0.0879. The van der Waals surface area contributed by atoms with Gasteiger partial charge < -0.3 is 8.92 Å². The Kier molecular flexibility index (Phi) is 4.08. The maximum absolute atomic E-state index is 11.0. The van der Waals surface area contributed by atoms with E-state index in [-0.39, 0.29) is 5.75 Å². The van der Waals surface area contributed by atoms with Crippen LogP contribution in [0.3, 0.4) is 0 Å². The summed E-state index contributed by atoms with van der Waals surface area (Å²) in [4.78, 5) is 0. The van der Waals surface area contributed by atoms with Crippen molar-refractivity contribution in [2.75, 3.05) is 0 Å². The molecule has 5 nitrogen and oxygen atoms in total. The second-order valence-corrected chi connectivity index (χ2v) is 7.09. The normalized spacial score (nSPS) is 23.2. The van der Waals surface area contributed by atoms with Crippen LogP contribution >= 0.6 is 0 Å². The monoisotopic (exact) mass is 311 g/mol. The molecular formula is C15H21NO4S. The molecule has 1 aliphatic carbocycles. The molecule has 1 saturated carbocycles. The molecule has 0 spiro atoms. The fraction of sp³-hybridized carbons (Fsp3) is 0.600. The summed E-state index contributed by atoms with van der Waals surface area (Å²) in [6.45, 7) is 0. The first-order chi connectivity index (χ1) is 10.0. The van der Waals surface area contributed by atoms with Gasteiger partial charge in [0.2, 0.25) is 0 Å². The van der Waals surface area contributed by atoms with E-state index in [9.17, 15) is 8.42 Å². The zero-order chi connectivity index (χ0) is 14.9. The molecule has 1 unspecified atom stereocenters. The number of benzene rings is 1. The number of hydrogen-bond donors (Lipinski definition) is 1. The highest BCUT2D eigenvalue weighted by Gasteiger charge is 2.29. The highest BCUT2D eigenvalue weighted by atomic mass is 32.2. The minimum absolute atomic E-state index is 0.246. The van der Waals surface area contributed by atoms with Gasteiger partial charge in [0.1, 0.15) is 17.6 Å². The number of hydrogen-bond acceptors (Lipinski definition) is 4. The molecule has 1 heterocycles. The third-order valence-corrected chi connectivity index (χ3v) is 4.82. The van der Waals surface area contributed by atoms with Crippen molar-refractivity contribution in [2.24, 2.45) is 11.1 Å². The van der Waals surface area contributed by atoms with Crippen LogP contribution in [0.1, 0.15) is 44.1 Å². The number of ether oxygens (including phenoxy) is 1. The fourth-order valence-corrected chi connectivity index (χ4v) is 3.78. The van der Waals surface area contributed by atoms with E-state index in [2.05, 4.69) is 0 Å². The predicted octanol–water partition coefficient (Wildman–Crippen LogP) is 2.54. The summed E-state index contributed by atoms with van der Waals surface area (Å²) < 4.78 is 32.7. The summed E-state index contributed by atoms with van der Waals surface area (Å²) in [6.07, 6.45) is 8.63. The van der Waals surface area contributed by atoms with Gasteiger partial charge in [0, 0.05) is 0 Å². The van der Waals surface area contributed by atoms with Crippen LogP contribution in [0, 0.1) is 5.92 Å². The van der Waals surface area contributed by atoms with Gasteiger partial charge in [-0.15, -0.1) is 0 Å². The lowest BCUT2D eigenvalue weighted by Gasteiger charge is -2.34. The van der Waals surface area contributed by atoms with Gasteiger partial charge >= 0.3 is 10.3 Å². The van der Waals surface area contributed by atoms with E-state index < -0.39 is 10.3 Å². The summed E-state index contributed by atoms with van der Waals surface area (Å²) in [6, 6.07) is 5.08. The van der Waals surface area contributed by atoms with Gasteiger partial charge in [0.25, 0.3) is 0 Å². The second-order valence-electron chi connectivity index (χ2n) is 5.94. The summed E-state index contributed by atoms with van der Waals surface area (Å²) in [5, 5.41) is 4.88. The van der Waals surface area contributed by atoms with Crippen molar-refractivity contribution in [1.82, 2.24) is 0 Å². The Morgan fingerprint density at radius 2 is 1.90 bits per heavy atom. The summed E-state index contributed by atoms with van der Waals surface area (Å²) in [7, 11) is -3.97. The first-order valence-corrected chi connectivity index (χ1v) is 9.00. The molecule has 2 aliphatic rings. The molecule has 2 N–H and O–H groups in total. The van der Waals surface area contributed by atoms with Gasteiger partial charge in [-0.25, -0.2) is 0 Å². The number of rotatable bonds is 3. The van der Waals surface area contributed by atoms with E-state index >= 15 is 0 Å². The fourth-order valence-electron chi connectivity index (χ4n) is 3.41. The molecule has 1 aliphatic heterocycles. The van der Waals surface area contributed by atoms with E-state index in [1.807, 2.05) is 0 Å². The van der Waals surface area contributed by atoms with Crippen molar-refractivity contribution >= 4 is 10.3 Å². The lowest BCUT2D eigenvalue weighted by Crippen LogP contribution is -2.32. The van der Waals surface area contributed by atoms with E-state index in [0.29, 0.717) is 12.0 Å². The highest BCUT2D eigenvalue weighted by Crippen LogP contribution is 2.37. The van der Waals surface area contributed by atoms with Crippen LogP contribution < -0.4 is 14.1 Å². The standard InChI is InChI=1S/C15H21NO4S/c16-21(17,18)20-13-7-9-15-12(10-13)6-8-14(19-15)11-4-2-1-3-5-11/h7,9-11,14H,1-6,8H2,(H2,16,17,18). The van der Waals surface area contributed by atoms with Gasteiger partial charge in [-0.05, 0) is 55.4 Å². The molecule has 0 saturated heterocycles. The first-order valence-electron chi connectivity index (χ1n) is 7.53. The van der Waals surface area contributed by atoms with Crippen LogP contribution in [0.15, 0.2) is 18.2 Å². The zero-order valence-electron chi connectivity index (χ0n) is 12.0. The van der Waals surface area contributed by atoms with Gasteiger partial charge in [-0.1, -0.05) is 19.3 Å². The average Bonchev–Trinajstić information content (AvgIpc) is 2.46. The predicted molar refractivity (Wildman–Crippen MR) is 79.5 cm³/mol. The van der Waals surface area contributed by atoms with Gasteiger partial charge in [-0.2, -0.15) is 13.6 Å². The summed E-state index contributed by atoms with van der Waals surface area (Å²) >= 11 is 0. The Morgan fingerprint density at radius 1 is 1.14 bits per heavy atom. The van der Waals surface area contributed by atoms with Gasteiger partial charge in [0.15, 0.2) is 0 Å². The first kappa shape index (κ1) is 14.7. The molecule has 1 aromatic carbocycles. The minimum Gasteiger partial charge on any atom is -0.490 e. The molecule has 1 atom stereocenters. The van der Waals surface area contributed by atoms with Gasteiger partial charge in [-0.3, -0.25) is 0 Å². The molecule has 21 heavy (non-hydrogen) atoms. The summed E-state index contributed by atoms with van der Waals surface area (Å²) in [5.74, 6) is 1.75. The van der Waals surface area contributed by atoms with Crippen molar-refractivity contribution < 1.29 is 17.3 Å². The van der Waals surface area contributed by atoms with Crippen LogP contribution in [0.4, 0.5) is 0 Å². The van der Waals surface area contributed by atoms with Crippen molar-refractivity contribution in [3.63, 3.8) is 0 Å². The Morgan fingerprint density at radius 3 is 2.62 bits per heavy atom. The quantitative estimate of drug-likeness (QED) is 0.930. The average molecular weight is 311 g/mol. The molecule has 0 amide bonds. The molecule has 0 aromatic heterocycles.